The molecule has 0 saturated carbocycles. The number of aliphatic hydroxyl groups excluding tert-OH is 2. The lowest BCUT2D eigenvalue weighted by Crippen LogP contribution is -2.45. The molecule has 2 unspecified atom stereocenters. The van der Waals surface area contributed by atoms with Crippen molar-refractivity contribution in [2.75, 3.05) is 13.2 Å². The highest BCUT2D eigenvalue weighted by atomic mass is 16.5. The van der Waals surface area contributed by atoms with E-state index in [0.29, 0.717) is 19.4 Å². The van der Waals surface area contributed by atoms with Gasteiger partial charge in [0, 0.05) is 12.8 Å². The van der Waals surface area contributed by atoms with Crippen LogP contribution in [0.4, 0.5) is 0 Å². The number of carbonyl (C=O) groups excluding carboxylic acids is 2. The smallest absolute Gasteiger partial charge is 0.305 e. The van der Waals surface area contributed by atoms with E-state index in [2.05, 4.69) is 55.6 Å². The van der Waals surface area contributed by atoms with Gasteiger partial charge in [-0.3, -0.25) is 9.59 Å². The first-order chi connectivity index (χ1) is 34.0. The van der Waals surface area contributed by atoms with Crippen LogP contribution in [0.2, 0.25) is 0 Å². The van der Waals surface area contributed by atoms with Crippen molar-refractivity contribution >= 4 is 11.9 Å². The second-order valence-electron chi connectivity index (χ2n) is 20.7. The van der Waals surface area contributed by atoms with Gasteiger partial charge in [0.25, 0.3) is 0 Å². The number of aliphatic hydroxyl groups is 2. The van der Waals surface area contributed by atoms with Gasteiger partial charge in [-0.2, -0.15) is 0 Å². The summed E-state index contributed by atoms with van der Waals surface area (Å²) in [6.45, 7) is 4.87. The summed E-state index contributed by atoms with van der Waals surface area (Å²) in [5, 5.41) is 23.1. The van der Waals surface area contributed by atoms with Gasteiger partial charge in [0.05, 0.1) is 25.4 Å². The number of nitrogens with one attached hydrogen (secondary N) is 1. The number of carbonyl (C=O) groups is 2. The van der Waals surface area contributed by atoms with Gasteiger partial charge < -0.3 is 20.3 Å². The molecule has 2 atom stereocenters. The van der Waals surface area contributed by atoms with Crippen LogP contribution in [0.15, 0.2) is 48.6 Å². The van der Waals surface area contributed by atoms with E-state index in [4.69, 9.17) is 4.74 Å². The Labute approximate surface area is 429 Å². The van der Waals surface area contributed by atoms with Gasteiger partial charge in [-0.15, -0.1) is 0 Å². The second-order valence-corrected chi connectivity index (χ2v) is 20.7. The molecule has 0 heterocycles. The molecule has 0 saturated heterocycles. The molecule has 0 bridgehead atoms. The van der Waals surface area contributed by atoms with E-state index in [1.807, 2.05) is 6.08 Å². The van der Waals surface area contributed by atoms with E-state index in [-0.39, 0.29) is 18.5 Å². The van der Waals surface area contributed by atoms with Crippen LogP contribution < -0.4 is 5.32 Å². The SMILES string of the molecule is CCCCC/C=C\C/C=C\CCCCCCCC(=O)OCCCCCCCCCCCC/C=C\CCCCCCCCCC(=O)NC(CO)C(O)/C=C/CCCCCCCCCCCCCCCC. The van der Waals surface area contributed by atoms with Crippen LogP contribution in [0, 0.1) is 0 Å². The van der Waals surface area contributed by atoms with Crippen molar-refractivity contribution < 1.29 is 24.5 Å². The molecule has 0 rings (SSSR count). The molecule has 0 fully saturated rings. The summed E-state index contributed by atoms with van der Waals surface area (Å²) in [7, 11) is 0. The Balaban J connectivity index is 3.46. The lowest BCUT2D eigenvalue weighted by atomic mass is 10.0. The van der Waals surface area contributed by atoms with Crippen molar-refractivity contribution in [3.8, 4) is 0 Å². The Morgan fingerprint density at radius 2 is 0.725 bits per heavy atom. The molecule has 1 amide bonds. The highest BCUT2D eigenvalue weighted by Crippen LogP contribution is 2.16. The van der Waals surface area contributed by atoms with Crippen molar-refractivity contribution in [2.24, 2.45) is 0 Å². The van der Waals surface area contributed by atoms with E-state index in [9.17, 15) is 19.8 Å². The zero-order chi connectivity index (χ0) is 50.0. The second kappa shape index (κ2) is 58.4. The van der Waals surface area contributed by atoms with Crippen LogP contribution in [-0.2, 0) is 14.3 Å². The Kier molecular flexibility index (Phi) is 56.5. The lowest BCUT2D eigenvalue weighted by molar-refractivity contribution is -0.143. The van der Waals surface area contributed by atoms with Crippen molar-refractivity contribution in [1.29, 1.82) is 0 Å². The summed E-state index contributed by atoms with van der Waals surface area (Å²) >= 11 is 0. The fraction of sp³-hybridized carbons (Fsp3) is 0.841. The average molecular weight is 969 g/mol. The number of rotatable bonds is 56. The molecule has 6 heteroatoms. The first kappa shape index (κ1) is 66.8. The fourth-order valence-corrected chi connectivity index (χ4v) is 9.13. The predicted octanol–water partition coefficient (Wildman–Crippen LogP) is 19.0. The van der Waals surface area contributed by atoms with Crippen LogP contribution >= 0.6 is 0 Å². The first-order valence-corrected chi connectivity index (χ1v) is 30.4. The minimum atomic E-state index is -0.850. The molecule has 0 aromatic rings. The summed E-state index contributed by atoms with van der Waals surface area (Å²) in [6.07, 6.45) is 74.2. The zero-order valence-corrected chi connectivity index (χ0v) is 46.0. The Morgan fingerprint density at radius 1 is 0.406 bits per heavy atom. The molecular weight excluding hydrogens is 851 g/mol. The van der Waals surface area contributed by atoms with Crippen LogP contribution in [0.3, 0.4) is 0 Å². The standard InChI is InChI=1S/C63H117NO5/c1-3-5-7-9-11-13-15-17-19-28-31-35-39-43-47-51-55-61(66)60(59-65)64-62(67)56-52-48-44-40-36-32-29-25-23-21-20-22-24-26-30-34-38-42-46-50-54-58-69-63(68)57-53-49-45-41-37-33-27-18-16-14-12-10-8-6-4-2/h12,14,18,21,23,27,51,55,60-61,65-66H,3-11,13,15-17,19-20,22,24-26,28-50,52-54,56-59H2,1-2H3,(H,64,67)/b14-12-,23-21-,27-18-,55-51+. The molecule has 69 heavy (non-hydrogen) atoms. The minimum absolute atomic E-state index is 0.00678. The third-order valence-electron chi connectivity index (χ3n) is 13.8. The van der Waals surface area contributed by atoms with Gasteiger partial charge in [0.1, 0.15) is 0 Å². The molecular formula is C63H117NO5. The third kappa shape index (κ3) is 55.0. The molecule has 0 radical (unpaired) electrons. The number of esters is 1. The van der Waals surface area contributed by atoms with Gasteiger partial charge in [-0.05, 0) is 89.9 Å². The summed E-state index contributed by atoms with van der Waals surface area (Å²) in [6, 6.07) is -0.634. The van der Waals surface area contributed by atoms with Gasteiger partial charge in [-0.1, -0.05) is 262 Å². The number of allylic oxidation sites excluding steroid dienone is 7. The molecule has 6 nitrogen and oxygen atoms in total. The maximum Gasteiger partial charge on any atom is 0.305 e. The average Bonchev–Trinajstić information content (AvgIpc) is 3.35. The van der Waals surface area contributed by atoms with Crippen molar-refractivity contribution in [3.63, 3.8) is 0 Å². The monoisotopic (exact) mass is 968 g/mol. The van der Waals surface area contributed by atoms with Crippen molar-refractivity contribution in [3.05, 3.63) is 48.6 Å². The number of ether oxygens (including phenoxy) is 1. The molecule has 0 aliphatic carbocycles. The van der Waals surface area contributed by atoms with E-state index in [0.717, 1.165) is 57.8 Å². The summed E-state index contributed by atoms with van der Waals surface area (Å²) < 4.78 is 5.47. The van der Waals surface area contributed by atoms with E-state index < -0.39 is 12.1 Å². The van der Waals surface area contributed by atoms with Crippen molar-refractivity contribution in [1.82, 2.24) is 5.32 Å². The number of unbranched alkanes of at least 4 members (excludes halogenated alkanes) is 39. The predicted molar refractivity (Wildman–Crippen MR) is 301 cm³/mol. The summed E-state index contributed by atoms with van der Waals surface area (Å²) in [5.41, 5.74) is 0. The van der Waals surface area contributed by atoms with Crippen LogP contribution in [0.1, 0.15) is 316 Å². The maximum atomic E-state index is 12.5. The molecule has 0 aliphatic rings. The fourth-order valence-electron chi connectivity index (χ4n) is 9.13. The van der Waals surface area contributed by atoms with Crippen LogP contribution in [0.25, 0.3) is 0 Å². The Morgan fingerprint density at radius 3 is 1.14 bits per heavy atom. The molecule has 404 valence electrons. The molecule has 3 N–H and O–H groups in total. The first-order valence-electron chi connectivity index (χ1n) is 30.4. The number of hydrogen-bond acceptors (Lipinski definition) is 5. The Hall–Kier alpha value is -2.18. The van der Waals surface area contributed by atoms with E-state index >= 15 is 0 Å². The largest absolute Gasteiger partial charge is 0.466 e. The molecule has 0 aliphatic heterocycles. The highest BCUT2D eigenvalue weighted by Gasteiger charge is 2.18. The van der Waals surface area contributed by atoms with E-state index in [1.165, 1.54) is 231 Å². The molecule has 0 spiro atoms. The lowest BCUT2D eigenvalue weighted by Gasteiger charge is -2.20. The molecule has 0 aromatic carbocycles. The third-order valence-corrected chi connectivity index (χ3v) is 13.8. The maximum absolute atomic E-state index is 12.5. The topological polar surface area (TPSA) is 95.9 Å². The number of hydrogen-bond donors (Lipinski definition) is 3. The quantitative estimate of drug-likeness (QED) is 0.0321. The highest BCUT2D eigenvalue weighted by molar-refractivity contribution is 5.76. The van der Waals surface area contributed by atoms with Gasteiger partial charge in [0.2, 0.25) is 5.91 Å². The zero-order valence-electron chi connectivity index (χ0n) is 46.0. The normalized spacial score (nSPS) is 12.9. The van der Waals surface area contributed by atoms with E-state index in [1.54, 1.807) is 6.08 Å². The molecule has 0 aromatic heterocycles. The minimum Gasteiger partial charge on any atom is -0.466 e. The Bertz CT molecular complexity index is 1160. The summed E-state index contributed by atoms with van der Waals surface area (Å²) in [4.78, 5) is 24.5. The van der Waals surface area contributed by atoms with Crippen LogP contribution in [0.5, 0.6) is 0 Å². The number of amides is 1. The van der Waals surface area contributed by atoms with Crippen LogP contribution in [-0.4, -0.2) is 47.4 Å². The van der Waals surface area contributed by atoms with Gasteiger partial charge in [-0.25, -0.2) is 0 Å². The van der Waals surface area contributed by atoms with Gasteiger partial charge >= 0.3 is 5.97 Å². The van der Waals surface area contributed by atoms with Crippen molar-refractivity contribution in [2.45, 2.75) is 328 Å². The van der Waals surface area contributed by atoms with Gasteiger partial charge in [0.15, 0.2) is 0 Å². The summed E-state index contributed by atoms with van der Waals surface area (Å²) in [5.74, 6) is -0.0821.